The molecule has 28 heavy (non-hydrogen) atoms. The number of rotatable bonds is 4. The van der Waals surface area contributed by atoms with Crippen molar-refractivity contribution in [3.8, 4) is 0 Å². The van der Waals surface area contributed by atoms with E-state index in [2.05, 4.69) is 35.9 Å². The minimum absolute atomic E-state index is 0.303. The van der Waals surface area contributed by atoms with Crippen LogP contribution in [0, 0.1) is 0 Å². The third-order valence-corrected chi connectivity index (χ3v) is 7.93. The fourth-order valence-electron chi connectivity index (χ4n) is 3.45. The highest BCUT2D eigenvalue weighted by Crippen LogP contribution is 2.27. The standard InChI is InChI=1S/C18H22BrN5O3S/c19-16-3-1-2-4-17(16)28(25,26)24-7-5-23(6-8-24)18-13-15(14-20-21-18)22-9-11-27-12-10-22/h1-4,13-14H,5-12H2. The predicted octanol–water partition coefficient (Wildman–Crippen LogP) is 1.59. The molecule has 0 unspecified atom stereocenters. The second-order valence-electron chi connectivity index (χ2n) is 6.69. The van der Waals surface area contributed by atoms with Crippen LogP contribution in [-0.2, 0) is 14.8 Å². The molecule has 0 spiro atoms. The molecule has 2 aliphatic rings. The van der Waals surface area contributed by atoms with Gasteiger partial charge in [0.1, 0.15) is 0 Å². The van der Waals surface area contributed by atoms with Gasteiger partial charge in [-0.3, -0.25) is 0 Å². The highest BCUT2D eigenvalue weighted by molar-refractivity contribution is 9.10. The number of morpholine rings is 1. The molecule has 3 heterocycles. The Bertz CT molecular complexity index is 928. The average Bonchev–Trinajstić information content (AvgIpc) is 2.75. The molecule has 0 aliphatic carbocycles. The number of benzene rings is 1. The summed E-state index contributed by atoms with van der Waals surface area (Å²) >= 11 is 3.34. The van der Waals surface area contributed by atoms with E-state index in [1.807, 2.05) is 6.07 Å². The maximum Gasteiger partial charge on any atom is 0.244 e. The zero-order chi connectivity index (χ0) is 19.6. The molecule has 0 bridgehead atoms. The number of aromatic nitrogens is 2. The lowest BCUT2D eigenvalue weighted by Crippen LogP contribution is -2.49. The van der Waals surface area contributed by atoms with Gasteiger partial charge in [0.15, 0.2) is 5.82 Å². The number of piperazine rings is 1. The first kappa shape index (κ1) is 19.6. The number of sulfonamides is 1. The van der Waals surface area contributed by atoms with Crippen LogP contribution in [0.5, 0.6) is 0 Å². The Balaban J connectivity index is 1.45. The van der Waals surface area contributed by atoms with Crippen LogP contribution >= 0.6 is 15.9 Å². The normalized spacial score (nSPS) is 19.0. The molecule has 0 amide bonds. The van der Waals surface area contributed by atoms with Gasteiger partial charge >= 0.3 is 0 Å². The molecule has 4 rings (SSSR count). The van der Waals surface area contributed by atoms with Gasteiger partial charge in [-0.15, -0.1) is 5.10 Å². The summed E-state index contributed by atoms with van der Waals surface area (Å²) in [5.74, 6) is 0.780. The Labute approximate surface area is 173 Å². The van der Waals surface area contributed by atoms with Crippen LogP contribution in [0.25, 0.3) is 0 Å². The molecule has 150 valence electrons. The predicted molar refractivity (Wildman–Crippen MR) is 110 cm³/mol. The second kappa shape index (κ2) is 8.32. The SMILES string of the molecule is O=S(=O)(c1ccccc1Br)N1CCN(c2cc(N3CCOCC3)cnn2)CC1. The maximum absolute atomic E-state index is 12.9. The number of anilines is 2. The molecule has 2 saturated heterocycles. The lowest BCUT2D eigenvalue weighted by atomic mass is 10.3. The third kappa shape index (κ3) is 4.00. The first-order valence-corrected chi connectivity index (χ1v) is 11.4. The van der Waals surface area contributed by atoms with Crippen molar-refractivity contribution < 1.29 is 13.2 Å². The monoisotopic (exact) mass is 467 g/mol. The molecular weight excluding hydrogens is 446 g/mol. The molecular formula is C18H22BrN5O3S. The van der Waals surface area contributed by atoms with Gasteiger partial charge in [-0.1, -0.05) is 12.1 Å². The number of hydrogen-bond acceptors (Lipinski definition) is 7. The van der Waals surface area contributed by atoms with Gasteiger partial charge in [0, 0.05) is 49.8 Å². The zero-order valence-electron chi connectivity index (χ0n) is 15.4. The van der Waals surface area contributed by atoms with Crippen molar-refractivity contribution in [2.75, 3.05) is 62.3 Å². The minimum Gasteiger partial charge on any atom is -0.378 e. The van der Waals surface area contributed by atoms with Crippen molar-refractivity contribution in [3.63, 3.8) is 0 Å². The van der Waals surface area contributed by atoms with Crippen molar-refractivity contribution in [1.82, 2.24) is 14.5 Å². The van der Waals surface area contributed by atoms with Crippen LogP contribution in [0.1, 0.15) is 0 Å². The van der Waals surface area contributed by atoms with E-state index in [1.165, 1.54) is 4.31 Å². The Hall–Kier alpha value is -1.75. The Morgan fingerprint density at radius 3 is 2.39 bits per heavy atom. The highest BCUT2D eigenvalue weighted by Gasteiger charge is 2.30. The fraction of sp³-hybridized carbons (Fsp3) is 0.444. The van der Waals surface area contributed by atoms with Crippen LogP contribution in [0.4, 0.5) is 11.5 Å². The van der Waals surface area contributed by atoms with Gasteiger partial charge in [0.25, 0.3) is 0 Å². The van der Waals surface area contributed by atoms with Crippen LogP contribution in [0.2, 0.25) is 0 Å². The summed E-state index contributed by atoms with van der Waals surface area (Å²) in [6, 6.07) is 8.94. The molecule has 0 radical (unpaired) electrons. The zero-order valence-corrected chi connectivity index (χ0v) is 17.8. The van der Waals surface area contributed by atoms with Crippen LogP contribution < -0.4 is 9.80 Å². The van der Waals surface area contributed by atoms with Gasteiger partial charge in [-0.2, -0.15) is 9.40 Å². The van der Waals surface area contributed by atoms with E-state index >= 15 is 0 Å². The summed E-state index contributed by atoms with van der Waals surface area (Å²) in [6.45, 7) is 5.06. The van der Waals surface area contributed by atoms with E-state index in [4.69, 9.17) is 4.74 Å². The third-order valence-electron chi connectivity index (χ3n) is 5.02. The highest BCUT2D eigenvalue weighted by atomic mass is 79.9. The molecule has 0 saturated carbocycles. The van der Waals surface area contributed by atoms with Crippen molar-refractivity contribution >= 4 is 37.5 Å². The van der Waals surface area contributed by atoms with E-state index < -0.39 is 10.0 Å². The quantitative estimate of drug-likeness (QED) is 0.675. The van der Waals surface area contributed by atoms with Crippen LogP contribution in [0.15, 0.2) is 45.9 Å². The molecule has 2 aromatic rings. The van der Waals surface area contributed by atoms with Gasteiger partial charge in [0.2, 0.25) is 10.0 Å². The summed E-state index contributed by atoms with van der Waals surface area (Å²) in [4.78, 5) is 4.62. The molecule has 8 nitrogen and oxygen atoms in total. The topological polar surface area (TPSA) is 78.9 Å². The van der Waals surface area contributed by atoms with Crippen LogP contribution in [0.3, 0.4) is 0 Å². The molecule has 10 heteroatoms. The minimum atomic E-state index is -3.52. The van der Waals surface area contributed by atoms with Crippen molar-refractivity contribution in [2.45, 2.75) is 4.90 Å². The lowest BCUT2D eigenvalue weighted by molar-refractivity contribution is 0.122. The van der Waals surface area contributed by atoms with Gasteiger partial charge in [-0.05, 0) is 28.1 Å². The van der Waals surface area contributed by atoms with E-state index in [-0.39, 0.29) is 0 Å². The molecule has 2 aliphatic heterocycles. The molecule has 2 fully saturated rings. The van der Waals surface area contributed by atoms with E-state index in [0.717, 1.165) is 24.6 Å². The summed E-state index contributed by atoms with van der Waals surface area (Å²) in [5, 5.41) is 8.41. The van der Waals surface area contributed by atoms with E-state index in [1.54, 1.807) is 30.5 Å². The summed E-state index contributed by atoms with van der Waals surface area (Å²) in [5.41, 5.74) is 1.02. The van der Waals surface area contributed by atoms with Crippen molar-refractivity contribution in [3.05, 3.63) is 41.0 Å². The summed E-state index contributed by atoms with van der Waals surface area (Å²) in [7, 11) is -3.52. The van der Waals surface area contributed by atoms with Crippen molar-refractivity contribution in [1.29, 1.82) is 0 Å². The van der Waals surface area contributed by atoms with Gasteiger partial charge in [-0.25, -0.2) is 8.42 Å². The first-order chi connectivity index (χ1) is 13.6. The molecule has 0 atom stereocenters. The first-order valence-electron chi connectivity index (χ1n) is 9.21. The Kier molecular flexibility index (Phi) is 5.81. The largest absolute Gasteiger partial charge is 0.378 e. The molecule has 1 aromatic heterocycles. The Morgan fingerprint density at radius 2 is 1.68 bits per heavy atom. The van der Waals surface area contributed by atoms with Gasteiger partial charge < -0.3 is 14.5 Å². The fourth-order valence-corrected chi connectivity index (χ4v) is 5.83. The maximum atomic E-state index is 12.9. The number of ether oxygens (including phenoxy) is 1. The molecule has 1 aromatic carbocycles. The van der Waals surface area contributed by atoms with Crippen molar-refractivity contribution in [2.24, 2.45) is 0 Å². The van der Waals surface area contributed by atoms with E-state index in [0.29, 0.717) is 48.8 Å². The van der Waals surface area contributed by atoms with E-state index in [9.17, 15) is 8.42 Å². The second-order valence-corrected chi connectivity index (χ2v) is 9.45. The Morgan fingerprint density at radius 1 is 0.964 bits per heavy atom. The molecule has 0 N–H and O–H groups in total. The number of hydrogen-bond donors (Lipinski definition) is 0. The summed E-state index contributed by atoms with van der Waals surface area (Å²) < 4.78 is 33.4. The average molecular weight is 468 g/mol. The van der Waals surface area contributed by atoms with Crippen LogP contribution in [-0.4, -0.2) is 75.4 Å². The smallest absolute Gasteiger partial charge is 0.244 e. The number of halogens is 1. The number of nitrogens with zero attached hydrogens (tertiary/aromatic N) is 5. The summed E-state index contributed by atoms with van der Waals surface area (Å²) in [6.07, 6.45) is 1.77. The van der Waals surface area contributed by atoms with Gasteiger partial charge in [0.05, 0.1) is 30.0 Å². The lowest BCUT2D eigenvalue weighted by Gasteiger charge is -2.35.